The number of rotatable bonds is 1. The van der Waals surface area contributed by atoms with Crippen LogP contribution in [0, 0.1) is 6.92 Å². The molecule has 4 rings (SSSR count). The van der Waals surface area contributed by atoms with Crippen molar-refractivity contribution in [1.29, 1.82) is 0 Å². The molecule has 0 aliphatic carbocycles. The molecule has 102 valence electrons. The molecule has 0 N–H and O–H groups in total. The minimum atomic E-state index is 0.736. The smallest absolute Gasteiger partial charge is 0.180 e. The van der Waals surface area contributed by atoms with E-state index < -0.39 is 0 Å². The van der Waals surface area contributed by atoms with Gasteiger partial charge in [0.25, 0.3) is 0 Å². The Bertz CT molecular complexity index is 961. The van der Waals surface area contributed by atoms with Crippen molar-refractivity contribution in [3.05, 3.63) is 58.8 Å². The van der Waals surface area contributed by atoms with Gasteiger partial charge in [-0.2, -0.15) is 0 Å². The molecule has 0 radical (unpaired) electrons. The number of furan rings is 1. The Balaban J connectivity index is 2.14. The lowest BCUT2D eigenvalue weighted by Crippen LogP contribution is -1.91. The minimum absolute atomic E-state index is 0.736. The van der Waals surface area contributed by atoms with Gasteiger partial charge >= 0.3 is 0 Å². The molecule has 0 amide bonds. The Labute approximate surface area is 129 Å². The lowest BCUT2D eigenvalue weighted by atomic mass is 10.1. The average Bonchev–Trinajstić information content (AvgIpc) is 2.84. The fraction of sp³-hybridized carbons (Fsp3) is 0.0588. The monoisotopic (exact) mass is 338 g/mol. The Hall–Kier alpha value is -2.20. The van der Waals surface area contributed by atoms with E-state index in [1.807, 2.05) is 55.5 Å². The molecule has 0 unspecified atom stereocenters. The van der Waals surface area contributed by atoms with Crippen LogP contribution in [0.1, 0.15) is 5.82 Å². The maximum Gasteiger partial charge on any atom is 0.180 e. The van der Waals surface area contributed by atoms with Crippen LogP contribution in [0.3, 0.4) is 0 Å². The van der Waals surface area contributed by atoms with Crippen molar-refractivity contribution in [2.75, 3.05) is 0 Å². The summed E-state index contributed by atoms with van der Waals surface area (Å²) in [5.74, 6) is 0.743. The Morgan fingerprint density at radius 3 is 2.62 bits per heavy atom. The SMILES string of the molecule is Cc1nc(-c2ccccc2)c2oc3cc(Br)ccc3c2n1. The van der Waals surface area contributed by atoms with Gasteiger partial charge in [0.15, 0.2) is 5.58 Å². The summed E-state index contributed by atoms with van der Waals surface area (Å²) < 4.78 is 7.00. The second kappa shape index (κ2) is 4.67. The molecule has 2 aromatic heterocycles. The van der Waals surface area contributed by atoms with E-state index in [4.69, 9.17) is 4.42 Å². The van der Waals surface area contributed by atoms with E-state index in [1.165, 1.54) is 0 Å². The molecule has 0 aliphatic rings. The largest absolute Gasteiger partial charge is 0.452 e. The van der Waals surface area contributed by atoms with Crippen LogP contribution in [0.25, 0.3) is 33.3 Å². The van der Waals surface area contributed by atoms with E-state index in [9.17, 15) is 0 Å². The van der Waals surface area contributed by atoms with E-state index in [2.05, 4.69) is 25.9 Å². The van der Waals surface area contributed by atoms with E-state index in [-0.39, 0.29) is 0 Å². The summed E-state index contributed by atoms with van der Waals surface area (Å²) in [7, 11) is 0. The van der Waals surface area contributed by atoms with Gasteiger partial charge in [-0.15, -0.1) is 0 Å². The van der Waals surface area contributed by atoms with Gasteiger partial charge < -0.3 is 4.42 Å². The Kier molecular flexibility index (Phi) is 2.79. The van der Waals surface area contributed by atoms with Crippen molar-refractivity contribution in [1.82, 2.24) is 9.97 Å². The third kappa shape index (κ3) is 2.03. The number of hydrogen-bond donors (Lipinski definition) is 0. The lowest BCUT2D eigenvalue weighted by Gasteiger charge is -2.02. The first-order chi connectivity index (χ1) is 10.2. The van der Waals surface area contributed by atoms with Crippen LogP contribution in [0.15, 0.2) is 57.4 Å². The molecule has 2 aromatic carbocycles. The maximum absolute atomic E-state index is 6.02. The van der Waals surface area contributed by atoms with Crippen LogP contribution in [-0.2, 0) is 0 Å². The van der Waals surface area contributed by atoms with Crippen LogP contribution < -0.4 is 0 Å². The molecule has 2 heterocycles. The van der Waals surface area contributed by atoms with E-state index >= 15 is 0 Å². The predicted octanol–water partition coefficient (Wildman–Crippen LogP) is 5.11. The summed E-state index contributed by atoms with van der Waals surface area (Å²) in [5, 5.41) is 1.01. The van der Waals surface area contributed by atoms with Gasteiger partial charge in [0.05, 0.1) is 0 Å². The topological polar surface area (TPSA) is 38.9 Å². The number of halogens is 1. The van der Waals surface area contributed by atoms with E-state index in [0.29, 0.717) is 0 Å². The summed E-state index contributed by atoms with van der Waals surface area (Å²) in [4.78, 5) is 9.13. The lowest BCUT2D eigenvalue weighted by molar-refractivity contribution is 0.666. The van der Waals surface area contributed by atoms with Gasteiger partial charge in [0.2, 0.25) is 0 Å². The van der Waals surface area contributed by atoms with Crippen LogP contribution >= 0.6 is 15.9 Å². The highest BCUT2D eigenvalue weighted by atomic mass is 79.9. The average molecular weight is 339 g/mol. The van der Waals surface area contributed by atoms with Crippen LogP contribution in [0.4, 0.5) is 0 Å². The zero-order valence-electron chi connectivity index (χ0n) is 11.3. The number of nitrogens with zero attached hydrogens (tertiary/aromatic N) is 2. The van der Waals surface area contributed by atoms with Crippen LogP contribution in [-0.4, -0.2) is 9.97 Å². The third-order valence-corrected chi connectivity index (χ3v) is 3.93. The Morgan fingerprint density at radius 2 is 1.81 bits per heavy atom. The summed E-state index contributed by atoms with van der Waals surface area (Å²) in [5.41, 5.74) is 4.29. The normalized spacial score (nSPS) is 11.3. The van der Waals surface area contributed by atoms with Crippen molar-refractivity contribution < 1.29 is 4.42 Å². The highest BCUT2D eigenvalue weighted by Crippen LogP contribution is 2.34. The zero-order valence-corrected chi connectivity index (χ0v) is 12.9. The second-order valence-electron chi connectivity index (χ2n) is 4.91. The Morgan fingerprint density at radius 1 is 1.00 bits per heavy atom. The fourth-order valence-corrected chi connectivity index (χ4v) is 2.86. The van der Waals surface area contributed by atoms with Crippen molar-refractivity contribution in [2.45, 2.75) is 6.92 Å². The number of aryl methyl sites for hydroxylation is 1. The van der Waals surface area contributed by atoms with Gasteiger partial charge in [-0.25, -0.2) is 9.97 Å². The van der Waals surface area contributed by atoms with Gasteiger partial charge in [0.1, 0.15) is 22.6 Å². The molecule has 0 saturated carbocycles. The summed E-state index contributed by atoms with van der Waals surface area (Å²) in [6.45, 7) is 1.91. The second-order valence-corrected chi connectivity index (χ2v) is 5.82. The molecule has 3 nitrogen and oxygen atoms in total. The molecular formula is C17H11BrN2O. The fourth-order valence-electron chi connectivity index (χ4n) is 2.52. The summed E-state index contributed by atoms with van der Waals surface area (Å²) in [6.07, 6.45) is 0. The van der Waals surface area contributed by atoms with Crippen molar-refractivity contribution in [2.24, 2.45) is 0 Å². The first kappa shape index (κ1) is 12.5. The summed E-state index contributed by atoms with van der Waals surface area (Å²) >= 11 is 3.47. The zero-order chi connectivity index (χ0) is 14.4. The standard InChI is InChI=1S/C17H11BrN2O/c1-10-19-15(11-5-3-2-4-6-11)17-16(20-10)13-8-7-12(18)9-14(13)21-17/h2-9H,1H3. The first-order valence-electron chi connectivity index (χ1n) is 6.64. The van der Waals surface area contributed by atoms with Gasteiger partial charge in [-0.05, 0) is 25.1 Å². The van der Waals surface area contributed by atoms with Crippen molar-refractivity contribution in [3.63, 3.8) is 0 Å². The summed E-state index contributed by atoms with van der Waals surface area (Å²) in [6, 6.07) is 16.0. The highest BCUT2D eigenvalue weighted by molar-refractivity contribution is 9.10. The number of hydrogen-bond acceptors (Lipinski definition) is 3. The van der Waals surface area contributed by atoms with E-state index in [0.717, 1.165) is 43.6 Å². The first-order valence-corrected chi connectivity index (χ1v) is 7.43. The molecule has 0 bridgehead atoms. The molecule has 21 heavy (non-hydrogen) atoms. The molecule has 4 aromatic rings. The van der Waals surface area contributed by atoms with Crippen LogP contribution in [0.2, 0.25) is 0 Å². The number of aromatic nitrogens is 2. The van der Waals surface area contributed by atoms with Crippen molar-refractivity contribution in [3.8, 4) is 11.3 Å². The predicted molar refractivity (Wildman–Crippen MR) is 87.2 cm³/mol. The molecular weight excluding hydrogens is 328 g/mol. The molecule has 0 spiro atoms. The molecule has 0 atom stereocenters. The number of benzene rings is 2. The molecule has 0 fully saturated rings. The maximum atomic E-state index is 6.02. The van der Waals surface area contributed by atoms with Crippen LogP contribution in [0.5, 0.6) is 0 Å². The molecule has 4 heteroatoms. The van der Waals surface area contributed by atoms with E-state index in [1.54, 1.807) is 0 Å². The van der Waals surface area contributed by atoms with Gasteiger partial charge in [0, 0.05) is 15.4 Å². The molecule has 0 saturated heterocycles. The van der Waals surface area contributed by atoms with Gasteiger partial charge in [-0.3, -0.25) is 0 Å². The number of fused-ring (bicyclic) bond motifs is 3. The molecule has 0 aliphatic heterocycles. The highest BCUT2D eigenvalue weighted by Gasteiger charge is 2.15. The quantitative estimate of drug-likeness (QED) is 0.483. The minimum Gasteiger partial charge on any atom is -0.452 e. The van der Waals surface area contributed by atoms with Gasteiger partial charge in [-0.1, -0.05) is 46.3 Å². The van der Waals surface area contributed by atoms with Crippen molar-refractivity contribution >= 4 is 38.0 Å². The third-order valence-electron chi connectivity index (χ3n) is 3.44.